The van der Waals surface area contributed by atoms with Crippen LogP contribution in [0.1, 0.15) is 42.4 Å². The third kappa shape index (κ3) is 8.66. The van der Waals surface area contributed by atoms with Crippen molar-refractivity contribution in [2.24, 2.45) is 0 Å². The molecule has 0 unspecified atom stereocenters. The molecule has 0 radical (unpaired) electrons. The van der Waals surface area contributed by atoms with Crippen LogP contribution in [0.4, 0.5) is 5.69 Å². The zero-order valence-electron chi connectivity index (χ0n) is 21.6. The van der Waals surface area contributed by atoms with Gasteiger partial charge in [-0.25, -0.2) is 0 Å². The number of halogens is 1. The summed E-state index contributed by atoms with van der Waals surface area (Å²) in [5.74, 6) is 0.493. The number of hydrogen-bond donors (Lipinski definition) is 1. The third-order valence-electron chi connectivity index (χ3n) is 6.88. The lowest BCUT2D eigenvalue weighted by atomic mass is 10.0. The number of carbonyl (C=O) groups is 2. The lowest BCUT2D eigenvalue weighted by Gasteiger charge is -2.32. The summed E-state index contributed by atoms with van der Waals surface area (Å²) in [6.45, 7) is 0.319. The fourth-order valence-corrected chi connectivity index (χ4v) is 5.90. The Bertz CT molecular complexity index is 1250. The van der Waals surface area contributed by atoms with E-state index in [1.807, 2.05) is 54.6 Å². The molecule has 0 heterocycles. The van der Waals surface area contributed by atoms with Crippen molar-refractivity contribution in [2.75, 3.05) is 5.75 Å². The van der Waals surface area contributed by atoms with E-state index in [1.54, 1.807) is 17.0 Å². The van der Waals surface area contributed by atoms with Crippen LogP contribution in [-0.4, -0.2) is 39.5 Å². The lowest BCUT2D eigenvalue weighted by Crippen LogP contribution is -2.52. The molecule has 1 atom stereocenters. The van der Waals surface area contributed by atoms with Gasteiger partial charge in [0.2, 0.25) is 11.8 Å². The minimum atomic E-state index is -0.649. The number of carbonyl (C=O) groups excluding carboxylic acids is 2. The van der Waals surface area contributed by atoms with Crippen LogP contribution in [0.15, 0.2) is 83.3 Å². The molecule has 1 fully saturated rings. The number of hydrogen-bond acceptors (Lipinski definition) is 5. The first-order chi connectivity index (χ1) is 18.9. The summed E-state index contributed by atoms with van der Waals surface area (Å²) in [6.07, 6.45) is 4.57. The summed E-state index contributed by atoms with van der Waals surface area (Å²) < 4.78 is 0.947. The Hall–Kier alpha value is -3.17. The first-order valence-corrected chi connectivity index (χ1v) is 15.0. The first-order valence-electron chi connectivity index (χ1n) is 13.1. The molecule has 7 nitrogen and oxygen atoms in total. The summed E-state index contributed by atoms with van der Waals surface area (Å²) >= 11 is 4.91. The molecule has 0 bridgehead atoms. The van der Waals surface area contributed by atoms with Crippen molar-refractivity contribution in [1.29, 1.82) is 0 Å². The molecule has 3 aromatic rings. The molecule has 9 heteroatoms. The summed E-state index contributed by atoms with van der Waals surface area (Å²) in [6, 6.07) is 23.5. The first kappa shape index (κ1) is 28.8. The van der Waals surface area contributed by atoms with E-state index >= 15 is 0 Å². The molecule has 2 amide bonds. The number of nitrogens with one attached hydrogen (secondary N) is 1. The molecule has 1 N–H and O–H groups in total. The molecular weight excluding hydrogens is 578 g/mol. The van der Waals surface area contributed by atoms with Crippen molar-refractivity contribution < 1.29 is 14.5 Å². The average molecular weight is 611 g/mol. The standard InChI is InChI=1S/C30H32BrN3O4S/c31-25-14-10-23(11-15-25)19-33(29(35)21-39-20-24-12-16-27(17-13-24)34(37)38)28(18-22-6-2-1-3-7-22)30(36)32-26-8-4-5-9-26/h1-3,6-7,10-17,26,28H,4-5,8-9,18-21H2,(H,32,36)/t28-/m1/s1. The average Bonchev–Trinajstić information content (AvgIpc) is 3.45. The van der Waals surface area contributed by atoms with Gasteiger partial charge in [-0.1, -0.05) is 83.4 Å². The van der Waals surface area contributed by atoms with Crippen molar-refractivity contribution in [2.45, 2.75) is 56.5 Å². The highest BCUT2D eigenvalue weighted by atomic mass is 79.9. The van der Waals surface area contributed by atoms with Gasteiger partial charge >= 0.3 is 0 Å². The molecule has 1 aliphatic rings. The van der Waals surface area contributed by atoms with E-state index in [-0.39, 0.29) is 29.3 Å². The largest absolute Gasteiger partial charge is 0.352 e. The van der Waals surface area contributed by atoms with Gasteiger partial charge in [0.15, 0.2) is 0 Å². The Morgan fingerprint density at radius 3 is 2.23 bits per heavy atom. The van der Waals surface area contributed by atoms with Crippen LogP contribution < -0.4 is 5.32 Å². The maximum Gasteiger partial charge on any atom is 0.269 e. The van der Waals surface area contributed by atoms with Crippen LogP contribution in [0.3, 0.4) is 0 Å². The van der Waals surface area contributed by atoms with Crippen molar-refractivity contribution in [3.63, 3.8) is 0 Å². The zero-order chi connectivity index (χ0) is 27.6. The minimum absolute atomic E-state index is 0.0394. The van der Waals surface area contributed by atoms with Gasteiger partial charge < -0.3 is 10.2 Å². The van der Waals surface area contributed by atoms with Gasteiger partial charge in [-0.05, 0) is 41.7 Å². The Labute approximate surface area is 241 Å². The molecule has 0 aromatic heterocycles. The highest BCUT2D eigenvalue weighted by Crippen LogP contribution is 2.22. The Morgan fingerprint density at radius 2 is 1.59 bits per heavy atom. The van der Waals surface area contributed by atoms with Gasteiger partial charge in [0.25, 0.3) is 5.69 Å². The highest BCUT2D eigenvalue weighted by Gasteiger charge is 2.32. The molecule has 3 aromatic carbocycles. The van der Waals surface area contributed by atoms with Crippen LogP contribution in [0.5, 0.6) is 0 Å². The highest BCUT2D eigenvalue weighted by molar-refractivity contribution is 9.10. The van der Waals surface area contributed by atoms with Crippen molar-refractivity contribution in [3.8, 4) is 0 Å². The number of non-ortho nitro benzene ring substituents is 1. The molecule has 0 spiro atoms. The number of nitro groups is 1. The van der Waals surface area contributed by atoms with Crippen LogP contribution in [0, 0.1) is 10.1 Å². The molecule has 39 heavy (non-hydrogen) atoms. The fourth-order valence-electron chi connectivity index (χ4n) is 4.76. The molecular formula is C30H32BrN3O4S. The second-order valence-electron chi connectivity index (χ2n) is 9.76. The van der Waals surface area contributed by atoms with Crippen molar-refractivity contribution in [3.05, 3.63) is 110 Å². The summed E-state index contributed by atoms with van der Waals surface area (Å²) in [4.78, 5) is 39.7. The lowest BCUT2D eigenvalue weighted by molar-refractivity contribution is -0.384. The smallest absolute Gasteiger partial charge is 0.269 e. The van der Waals surface area contributed by atoms with Crippen molar-refractivity contribution >= 4 is 45.2 Å². The van der Waals surface area contributed by atoms with Crippen LogP contribution >= 0.6 is 27.7 Å². The van der Waals surface area contributed by atoms with Gasteiger partial charge in [0.05, 0.1) is 10.7 Å². The normalized spacial score (nSPS) is 14.1. The topological polar surface area (TPSA) is 92.6 Å². The maximum atomic E-state index is 13.7. The molecule has 204 valence electrons. The van der Waals surface area contributed by atoms with E-state index < -0.39 is 11.0 Å². The predicted octanol–water partition coefficient (Wildman–Crippen LogP) is 6.29. The van der Waals surface area contributed by atoms with Gasteiger partial charge in [-0.3, -0.25) is 19.7 Å². The van der Waals surface area contributed by atoms with Gasteiger partial charge in [0.1, 0.15) is 6.04 Å². The Balaban J connectivity index is 1.53. The SMILES string of the molecule is O=C(NC1CCCC1)[C@@H](Cc1ccccc1)N(Cc1ccc(Br)cc1)C(=O)CSCc1ccc([N+](=O)[O-])cc1. The van der Waals surface area contributed by atoms with E-state index in [4.69, 9.17) is 0 Å². The zero-order valence-corrected chi connectivity index (χ0v) is 24.0. The second kappa shape index (κ2) is 14.3. The molecule has 1 aliphatic carbocycles. The molecule has 0 saturated heterocycles. The van der Waals surface area contributed by atoms with Crippen molar-refractivity contribution in [1.82, 2.24) is 10.2 Å². The van der Waals surface area contributed by atoms with Gasteiger partial charge in [-0.2, -0.15) is 0 Å². The van der Waals surface area contributed by atoms with E-state index in [0.29, 0.717) is 18.7 Å². The third-order valence-corrected chi connectivity index (χ3v) is 8.40. The predicted molar refractivity (Wildman–Crippen MR) is 158 cm³/mol. The summed E-state index contributed by atoms with van der Waals surface area (Å²) in [5.41, 5.74) is 2.88. The van der Waals surface area contributed by atoms with Gasteiger partial charge in [0, 0.05) is 41.4 Å². The fraction of sp³-hybridized carbons (Fsp3) is 0.333. The molecule has 0 aliphatic heterocycles. The number of thioether (sulfide) groups is 1. The second-order valence-corrected chi connectivity index (χ2v) is 11.7. The quantitative estimate of drug-likeness (QED) is 0.192. The van der Waals surface area contributed by atoms with E-state index in [1.165, 1.54) is 23.9 Å². The van der Waals surface area contributed by atoms with E-state index in [2.05, 4.69) is 21.2 Å². The number of nitrogens with zero attached hydrogens (tertiary/aromatic N) is 2. The van der Waals surface area contributed by atoms with E-state index in [0.717, 1.165) is 46.8 Å². The Morgan fingerprint density at radius 1 is 0.949 bits per heavy atom. The number of nitro benzene ring substituents is 1. The number of benzene rings is 3. The minimum Gasteiger partial charge on any atom is -0.352 e. The summed E-state index contributed by atoms with van der Waals surface area (Å²) in [5, 5.41) is 14.2. The molecule has 4 rings (SSSR count). The van der Waals surface area contributed by atoms with E-state index in [9.17, 15) is 19.7 Å². The van der Waals surface area contributed by atoms with Crippen LogP contribution in [0.25, 0.3) is 0 Å². The number of rotatable bonds is 12. The Kier molecular flexibility index (Phi) is 10.6. The molecule has 1 saturated carbocycles. The number of amides is 2. The van der Waals surface area contributed by atoms with Gasteiger partial charge in [-0.15, -0.1) is 11.8 Å². The maximum absolute atomic E-state index is 13.7. The van der Waals surface area contributed by atoms with Crippen LogP contribution in [-0.2, 0) is 28.3 Å². The summed E-state index contributed by atoms with van der Waals surface area (Å²) in [7, 11) is 0. The monoisotopic (exact) mass is 609 g/mol. The van der Waals surface area contributed by atoms with Crippen LogP contribution in [0.2, 0.25) is 0 Å².